The van der Waals surface area contributed by atoms with Gasteiger partial charge in [-0.15, -0.1) is 0 Å². The molecule has 0 saturated heterocycles. The number of hydrogen-bond donors (Lipinski definition) is 1. The largest absolute Gasteiger partial charge is 0.490 e. The third-order valence-corrected chi connectivity index (χ3v) is 5.78. The molecule has 0 atom stereocenters. The first kappa shape index (κ1) is 21.7. The number of rotatable bonds is 7. The second kappa shape index (κ2) is 10.2. The molecule has 0 spiro atoms. The van der Waals surface area contributed by atoms with E-state index in [1.807, 2.05) is 24.3 Å². The predicted molar refractivity (Wildman–Crippen MR) is 123 cm³/mol. The molecule has 6 heteroatoms. The number of benzene rings is 2. The summed E-state index contributed by atoms with van der Waals surface area (Å²) in [5, 5.41) is 2.94. The van der Waals surface area contributed by atoms with Crippen LogP contribution in [0.2, 0.25) is 0 Å². The zero-order valence-corrected chi connectivity index (χ0v) is 18.3. The second-order valence-corrected chi connectivity index (χ2v) is 8.06. The average molecular weight is 433 g/mol. The molecule has 1 aliphatic carbocycles. The van der Waals surface area contributed by atoms with Gasteiger partial charge in [0.2, 0.25) is 0 Å². The van der Waals surface area contributed by atoms with Gasteiger partial charge in [-0.05, 0) is 67.6 Å². The molecule has 1 aliphatic rings. The molecule has 2 amide bonds. The van der Waals surface area contributed by atoms with E-state index in [4.69, 9.17) is 9.15 Å². The molecule has 0 radical (unpaired) electrons. The number of furan rings is 1. The van der Waals surface area contributed by atoms with Crippen LogP contribution in [0.3, 0.4) is 0 Å². The fourth-order valence-corrected chi connectivity index (χ4v) is 3.97. The van der Waals surface area contributed by atoms with Gasteiger partial charge in [-0.1, -0.05) is 30.7 Å². The van der Waals surface area contributed by atoms with E-state index in [1.54, 1.807) is 43.4 Å². The average Bonchev–Trinajstić information content (AvgIpc) is 3.38. The van der Waals surface area contributed by atoms with Crippen molar-refractivity contribution in [3.63, 3.8) is 0 Å². The third-order valence-electron chi connectivity index (χ3n) is 5.78. The van der Waals surface area contributed by atoms with Gasteiger partial charge in [0.1, 0.15) is 5.75 Å². The molecule has 6 nitrogen and oxygen atoms in total. The fraction of sp³-hybridized carbons (Fsp3) is 0.308. The Hall–Kier alpha value is -3.54. The first-order valence-corrected chi connectivity index (χ1v) is 11.1. The molecule has 0 aliphatic heterocycles. The molecule has 2 aromatic carbocycles. The van der Waals surface area contributed by atoms with Gasteiger partial charge in [-0.3, -0.25) is 9.59 Å². The zero-order valence-electron chi connectivity index (χ0n) is 18.3. The Labute approximate surface area is 188 Å². The quantitative estimate of drug-likeness (QED) is 0.557. The van der Waals surface area contributed by atoms with E-state index < -0.39 is 0 Å². The van der Waals surface area contributed by atoms with Crippen molar-refractivity contribution >= 4 is 17.5 Å². The summed E-state index contributed by atoms with van der Waals surface area (Å²) >= 11 is 0. The lowest BCUT2D eigenvalue weighted by Gasteiger charge is -2.23. The topological polar surface area (TPSA) is 71.8 Å². The van der Waals surface area contributed by atoms with Crippen LogP contribution in [-0.4, -0.2) is 25.0 Å². The van der Waals surface area contributed by atoms with Gasteiger partial charge in [-0.2, -0.15) is 0 Å². The van der Waals surface area contributed by atoms with Gasteiger partial charge in [0.25, 0.3) is 11.8 Å². The summed E-state index contributed by atoms with van der Waals surface area (Å²) in [4.78, 5) is 26.9. The van der Waals surface area contributed by atoms with E-state index in [1.165, 1.54) is 30.4 Å². The number of ether oxygens (including phenoxy) is 1. The van der Waals surface area contributed by atoms with Crippen molar-refractivity contribution in [2.45, 2.75) is 44.8 Å². The number of carbonyl (C=O) groups is 2. The normalized spacial score (nSPS) is 14.0. The Morgan fingerprint density at radius 3 is 2.47 bits per heavy atom. The molecule has 1 N–H and O–H groups in total. The van der Waals surface area contributed by atoms with Crippen LogP contribution in [0.4, 0.5) is 5.69 Å². The Balaban J connectivity index is 1.37. The van der Waals surface area contributed by atoms with Crippen LogP contribution in [0, 0.1) is 0 Å². The minimum Gasteiger partial charge on any atom is -0.490 e. The first-order valence-electron chi connectivity index (χ1n) is 11.1. The van der Waals surface area contributed by atoms with Gasteiger partial charge in [0, 0.05) is 13.6 Å². The number of nitrogens with one attached hydrogen (secondary N) is 1. The number of carbonyl (C=O) groups excluding carboxylic acids is 2. The van der Waals surface area contributed by atoms with Crippen LogP contribution < -0.4 is 15.0 Å². The van der Waals surface area contributed by atoms with Gasteiger partial charge in [0.05, 0.1) is 23.6 Å². The van der Waals surface area contributed by atoms with Crippen molar-refractivity contribution in [2.75, 3.05) is 11.9 Å². The van der Waals surface area contributed by atoms with Crippen molar-refractivity contribution in [2.24, 2.45) is 0 Å². The lowest BCUT2D eigenvalue weighted by atomic mass is 9.98. The van der Waals surface area contributed by atoms with Crippen molar-refractivity contribution in [3.8, 4) is 5.75 Å². The molecule has 1 aromatic heterocycles. The summed E-state index contributed by atoms with van der Waals surface area (Å²) in [6.45, 7) is 0.382. The van der Waals surface area contributed by atoms with Crippen LogP contribution in [0.5, 0.6) is 5.75 Å². The molecule has 1 fully saturated rings. The summed E-state index contributed by atoms with van der Waals surface area (Å²) < 4.78 is 11.3. The Morgan fingerprint density at radius 2 is 1.75 bits per heavy atom. The monoisotopic (exact) mass is 432 g/mol. The molecule has 0 bridgehead atoms. The minimum absolute atomic E-state index is 0.221. The smallest absolute Gasteiger partial charge is 0.293 e. The summed E-state index contributed by atoms with van der Waals surface area (Å²) in [5.74, 6) is 0.527. The van der Waals surface area contributed by atoms with Crippen LogP contribution in [0.25, 0.3) is 0 Å². The van der Waals surface area contributed by atoms with E-state index in [-0.39, 0.29) is 17.6 Å². The number of amides is 2. The lowest BCUT2D eigenvalue weighted by Crippen LogP contribution is -2.30. The minimum atomic E-state index is -0.316. The molecule has 3 aromatic rings. The summed E-state index contributed by atoms with van der Waals surface area (Å²) in [7, 11) is 1.63. The Kier molecular flexibility index (Phi) is 6.90. The summed E-state index contributed by atoms with van der Waals surface area (Å²) in [6.07, 6.45) is 7.77. The van der Waals surface area contributed by atoms with Crippen molar-refractivity contribution in [1.29, 1.82) is 0 Å². The number of anilines is 1. The fourth-order valence-electron chi connectivity index (χ4n) is 3.97. The lowest BCUT2D eigenvalue weighted by molar-refractivity contribution is 0.0951. The van der Waals surface area contributed by atoms with Gasteiger partial charge < -0.3 is 19.4 Å². The van der Waals surface area contributed by atoms with E-state index in [0.29, 0.717) is 23.9 Å². The van der Waals surface area contributed by atoms with Crippen LogP contribution in [0.1, 0.15) is 58.6 Å². The molecule has 1 heterocycles. The van der Waals surface area contributed by atoms with E-state index in [9.17, 15) is 9.59 Å². The highest BCUT2D eigenvalue weighted by atomic mass is 16.5. The zero-order chi connectivity index (χ0) is 22.3. The van der Waals surface area contributed by atoms with Gasteiger partial charge in [-0.25, -0.2) is 0 Å². The Bertz CT molecular complexity index is 1040. The highest BCUT2D eigenvalue weighted by Gasteiger charge is 2.21. The third kappa shape index (κ3) is 5.19. The molecule has 166 valence electrons. The van der Waals surface area contributed by atoms with Crippen molar-refractivity contribution in [1.82, 2.24) is 5.32 Å². The highest BCUT2D eigenvalue weighted by molar-refractivity contribution is 6.09. The molecule has 4 rings (SSSR count). The second-order valence-electron chi connectivity index (χ2n) is 8.06. The van der Waals surface area contributed by atoms with Crippen molar-refractivity contribution < 1.29 is 18.7 Å². The number of nitrogens with zero attached hydrogens (tertiary/aromatic N) is 1. The maximum absolute atomic E-state index is 12.9. The first-order chi connectivity index (χ1) is 15.6. The SMILES string of the molecule is CN(C(=O)c1ccco1)c1ccccc1C(=O)NCc1ccc(OC2CCCCC2)cc1. The highest BCUT2D eigenvalue weighted by Crippen LogP contribution is 2.24. The van der Waals surface area contributed by atoms with Gasteiger partial charge >= 0.3 is 0 Å². The molecule has 0 unspecified atom stereocenters. The summed E-state index contributed by atoms with van der Waals surface area (Å²) in [5.41, 5.74) is 1.92. The van der Waals surface area contributed by atoms with Crippen molar-refractivity contribution in [3.05, 3.63) is 83.8 Å². The molecular formula is C26H28N2O4. The molecule has 1 saturated carbocycles. The number of hydrogen-bond acceptors (Lipinski definition) is 4. The maximum Gasteiger partial charge on any atom is 0.293 e. The molecular weight excluding hydrogens is 404 g/mol. The maximum atomic E-state index is 12.9. The Morgan fingerprint density at radius 1 is 1.00 bits per heavy atom. The van der Waals surface area contributed by atoms with E-state index >= 15 is 0 Å². The van der Waals surface area contributed by atoms with Crippen LogP contribution in [0.15, 0.2) is 71.3 Å². The van der Waals surface area contributed by atoms with Crippen LogP contribution >= 0.6 is 0 Å². The summed E-state index contributed by atoms with van der Waals surface area (Å²) in [6, 6.07) is 18.1. The predicted octanol–water partition coefficient (Wildman–Crippen LogP) is 5.20. The van der Waals surface area contributed by atoms with Gasteiger partial charge in [0.15, 0.2) is 5.76 Å². The van der Waals surface area contributed by atoms with E-state index in [0.717, 1.165) is 24.2 Å². The standard InChI is InChI=1S/C26H28N2O4/c1-28(26(30)24-12-7-17-31-24)23-11-6-5-10-22(23)25(29)27-18-19-13-15-21(16-14-19)32-20-8-3-2-4-9-20/h5-7,10-17,20H,2-4,8-9,18H2,1H3,(H,27,29). The number of para-hydroxylation sites is 1. The van der Waals surface area contributed by atoms with Crippen LogP contribution in [-0.2, 0) is 6.54 Å². The van der Waals surface area contributed by atoms with E-state index in [2.05, 4.69) is 5.32 Å². The molecule has 32 heavy (non-hydrogen) atoms.